The van der Waals surface area contributed by atoms with Gasteiger partial charge in [-0.05, 0) is 12.5 Å². The van der Waals surface area contributed by atoms with E-state index in [0.29, 0.717) is 0 Å². The van der Waals surface area contributed by atoms with Crippen LogP contribution in [0.3, 0.4) is 0 Å². The van der Waals surface area contributed by atoms with Crippen molar-refractivity contribution < 1.29 is 28.8 Å². The van der Waals surface area contributed by atoms with Crippen LogP contribution in [0.4, 0.5) is 11.5 Å². The molecule has 0 aliphatic carbocycles. The number of methoxy groups -OCH3 is 2. The van der Waals surface area contributed by atoms with Crippen molar-refractivity contribution in [1.29, 1.82) is 0 Å². The van der Waals surface area contributed by atoms with Crippen molar-refractivity contribution in [1.82, 2.24) is 4.98 Å². The summed E-state index contributed by atoms with van der Waals surface area (Å²) in [5.41, 5.74) is 0.0175. The highest BCUT2D eigenvalue weighted by Crippen LogP contribution is 2.26. The van der Waals surface area contributed by atoms with Gasteiger partial charge >= 0.3 is 17.6 Å². The van der Waals surface area contributed by atoms with Gasteiger partial charge in [0.1, 0.15) is 11.2 Å². The number of nitrogens with one attached hydrogen (secondary N) is 1. The molecule has 0 unspecified atom stereocenters. The zero-order chi connectivity index (χ0) is 17.4. The Morgan fingerprint density at radius 2 is 2.00 bits per heavy atom. The number of pyridine rings is 1. The van der Waals surface area contributed by atoms with Crippen molar-refractivity contribution in [2.75, 3.05) is 26.6 Å². The van der Waals surface area contributed by atoms with Crippen molar-refractivity contribution in [3.8, 4) is 0 Å². The smallest absolute Gasteiger partial charge is 0.358 e. The summed E-state index contributed by atoms with van der Waals surface area (Å²) >= 11 is 5.81. The number of nitrogens with zero attached hydrogens (tertiary/aromatic N) is 2. The molecule has 9 nitrogen and oxygen atoms in total. The van der Waals surface area contributed by atoms with Gasteiger partial charge in [-0.25, -0.2) is 14.6 Å². The summed E-state index contributed by atoms with van der Waals surface area (Å²) in [5, 5.41) is 2.84. The van der Waals surface area contributed by atoms with Crippen LogP contribution in [0.2, 0.25) is 5.15 Å². The average molecular weight is 347 g/mol. The first-order chi connectivity index (χ1) is 10.9. The van der Waals surface area contributed by atoms with Crippen molar-refractivity contribution in [3.05, 3.63) is 22.2 Å². The number of anilines is 1. The average Bonchev–Trinajstić information content (AvgIpc) is 2.56. The summed E-state index contributed by atoms with van der Waals surface area (Å²) in [4.78, 5) is 43.5. The molecular formula is C13H17ClN3O6+. The maximum atomic E-state index is 11.8. The Balaban J connectivity index is 3.02. The molecule has 1 N–H and O–H groups in total. The Bertz CT molecular complexity index is 595. The van der Waals surface area contributed by atoms with Crippen LogP contribution in [0.5, 0.6) is 0 Å². The van der Waals surface area contributed by atoms with Crippen LogP contribution >= 0.6 is 11.6 Å². The van der Waals surface area contributed by atoms with Crippen LogP contribution < -0.4 is 5.32 Å². The molecule has 1 aromatic heterocycles. The number of rotatable bonds is 8. The summed E-state index contributed by atoms with van der Waals surface area (Å²) in [7, 11) is 3.63. The first-order valence-electron chi connectivity index (χ1n) is 6.52. The predicted octanol–water partition coefficient (Wildman–Crippen LogP) is 1.61. The maximum absolute atomic E-state index is 11.8. The highest BCUT2D eigenvalue weighted by atomic mass is 35.5. The predicted molar refractivity (Wildman–Crippen MR) is 80.2 cm³/mol. The molecule has 0 saturated carbocycles. The number of esters is 2. The molecule has 1 atom stereocenters. The SMILES string of the molecule is COC(=O)CC[C@H](Nc1nc(Cl)ccc1[N+](=O)OC)C(=O)OC. The molecule has 126 valence electrons. The summed E-state index contributed by atoms with van der Waals surface area (Å²) in [6, 6.07) is 1.85. The number of aromatic nitrogens is 1. The molecule has 1 heterocycles. The molecule has 10 heteroatoms. The second-order valence-corrected chi connectivity index (χ2v) is 4.66. The van der Waals surface area contributed by atoms with Crippen molar-refractivity contribution in [2.45, 2.75) is 18.9 Å². The van der Waals surface area contributed by atoms with Gasteiger partial charge < -0.3 is 14.8 Å². The van der Waals surface area contributed by atoms with E-state index in [1.807, 2.05) is 0 Å². The number of carbonyl (C=O) groups excluding carboxylic acids is 2. The minimum Gasteiger partial charge on any atom is -0.469 e. The molecule has 1 rings (SSSR count). The fraction of sp³-hybridized carbons (Fsp3) is 0.462. The van der Waals surface area contributed by atoms with E-state index >= 15 is 0 Å². The molecule has 0 aromatic carbocycles. The Labute approximate surface area is 137 Å². The van der Waals surface area contributed by atoms with Gasteiger partial charge in [0, 0.05) is 12.5 Å². The van der Waals surface area contributed by atoms with E-state index < -0.39 is 18.0 Å². The molecule has 0 spiro atoms. The van der Waals surface area contributed by atoms with Crippen molar-refractivity contribution in [3.63, 3.8) is 0 Å². The van der Waals surface area contributed by atoms with E-state index in [1.54, 1.807) is 0 Å². The largest absolute Gasteiger partial charge is 0.469 e. The molecular weight excluding hydrogens is 330 g/mol. The van der Waals surface area contributed by atoms with Gasteiger partial charge in [-0.15, -0.1) is 0 Å². The zero-order valence-corrected chi connectivity index (χ0v) is 13.6. The molecule has 0 amide bonds. The third-order valence-electron chi connectivity index (χ3n) is 2.86. The molecule has 0 bridgehead atoms. The lowest BCUT2D eigenvalue weighted by Gasteiger charge is -2.16. The van der Waals surface area contributed by atoms with Crippen LogP contribution in [-0.4, -0.2) is 49.2 Å². The Morgan fingerprint density at radius 3 is 2.57 bits per heavy atom. The number of ether oxygens (including phenoxy) is 2. The van der Waals surface area contributed by atoms with E-state index in [0.717, 1.165) is 0 Å². The number of hydrogen-bond donors (Lipinski definition) is 1. The molecule has 23 heavy (non-hydrogen) atoms. The standard InChI is InChI=1S/C13H17ClN3O6/c1-21-11(18)7-4-8(13(19)22-2)15-12-9(17(20)23-3)5-6-10(14)16-12/h5-6,8H,4,7H2,1-3H3,(H,15,16)/q+1/t8-/m0/s1. The normalized spacial score (nSPS) is 11.3. The monoisotopic (exact) mass is 346 g/mol. The minimum atomic E-state index is -0.922. The highest BCUT2D eigenvalue weighted by molar-refractivity contribution is 6.29. The van der Waals surface area contributed by atoms with E-state index in [2.05, 4.69) is 24.6 Å². The summed E-state index contributed by atoms with van der Waals surface area (Å²) < 4.78 is 9.20. The van der Waals surface area contributed by atoms with E-state index in [9.17, 15) is 14.5 Å². The molecule has 0 saturated heterocycles. The van der Waals surface area contributed by atoms with Crippen LogP contribution in [-0.2, 0) is 23.9 Å². The van der Waals surface area contributed by atoms with Crippen LogP contribution in [0, 0.1) is 4.91 Å². The van der Waals surface area contributed by atoms with Crippen molar-refractivity contribution in [2.24, 2.45) is 0 Å². The fourth-order valence-electron chi connectivity index (χ4n) is 1.70. The Hall–Kier alpha value is -2.42. The third-order valence-corrected chi connectivity index (χ3v) is 3.07. The van der Waals surface area contributed by atoms with Gasteiger partial charge in [0.2, 0.25) is 5.82 Å². The van der Waals surface area contributed by atoms with Crippen molar-refractivity contribution >= 4 is 35.0 Å². The molecule has 1 aromatic rings. The van der Waals surface area contributed by atoms with Gasteiger partial charge in [0.15, 0.2) is 7.11 Å². The lowest BCUT2D eigenvalue weighted by Crippen LogP contribution is -2.32. The third kappa shape index (κ3) is 5.37. The van der Waals surface area contributed by atoms with E-state index in [1.165, 1.54) is 33.5 Å². The molecule has 0 fully saturated rings. The van der Waals surface area contributed by atoms with Crippen LogP contribution in [0.25, 0.3) is 0 Å². The van der Waals surface area contributed by atoms with Crippen LogP contribution in [0.15, 0.2) is 12.1 Å². The zero-order valence-electron chi connectivity index (χ0n) is 12.9. The highest BCUT2D eigenvalue weighted by Gasteiger charge is 2.28. The van der Waals surface area contributed by atoms with E-state index in [4.69, 9.17) is 11.6 Å². The quantitative estimate of drug-likeness (QED) is 0.430. The first-order valence-corrected chi connectivity index (χ1v) is 6.89. The summed E-state index contributed by atoms with van der Waals surface area (Å²) in [5.74, 6) is -1.09. The van der Waals surface area contributed by atoms with Gasteiger partial charge in [0.25, 0.3) is 4.92 Å². The fourth-order valence-corrected chi connectivity index (χ4v) is 1.85. The van der Waals surface area contributed by atoms with Crippen LogP contribution in [0.1, 0.15) is 12.8 Å². The van der Waals surface area contributed by atoms with E-state index in [-0.39, 0.29) is 34.4 Å². The summed E-state index contributed by atoms with van der Waals surface area (Å²) in [6.45, 7) is 0. The van der Waals surface area contributed by atoms with Gasteiger partial charge in [-0.1, -0.05) is 11.6 Å². The minimum absolute atomic E-state index is 0.0175. The molecule has 0 radical (unpaired) electrons. The van der Waals surface area contributed by atoms with Gasteiger partial charge in [-0.3, -0.25) is 4.79 Å². The lowest BCUT2D eigenvalue weighted by molar-refractivity contribution is -0.736. The summed E-state index contributed by atoms with van der Waals surface area (Å²) in [6.07, 6.45) is 0.0589. The molecule has 0 aliphatic heterocycles. The van der Waals surface area contributed by atoms with Gasteiger partial charge in [0.05, 0.1) is 19.1 Å². The number of hydrogen-bond acceptors (Lipinski definition) is 8. The topological polar surface area (TPSA) is 107 Å². The number of carbonyl (C=O) groups is 2. The van der Waals surface area contributed by atoms with Gasteiger partial charge in [-0.2, -0.15) is 0 Å². The second-order valence-electron chi connectivity index (χ2n) is 4.28. The second kappa shape index (κ2) is 8.89. The first kappa shape index (κ1) is 18.6. The Morgan fingerprint density at radius 1 is 1.30 bits per heavy atom. The Kier molecular flexibility index (Phi) is 7.20. The maximum Gasteiger partial charge on any atom is 0.358 e. The lowest BCUT2D eigenvalue weighted by atomic mass is 10.1. The number of halogens is 1. The molecule has 0 aliphatic rings.